The van der Waals surface area contributed by atoms with E-state index in [1.165, 1.54) is 77.0 Å². The van der Waals surface area contributed by atoms with Crippen LogP contribution < -0.4 is 0 Å². The zero-order valence-electron chi connectivity index (χ0n) is 16.5. The normalized spacial score (nSPS) is 12.4. The second-order valence-electron chi connectivity index (χ2n) is 6.87. The summed E-state index contributed by atoms with van der Waals surface area (Å²) in [6.07, 6.45) is 19.7. The highest BCUT2D eigenvalue weighted by atomic mass is 16.6. The largest absolute Gasteiger partial charge is 0.479 e. The SMILES string of the molecule is CCCCCCCCCCCCCCC/C=C/COC(=O)C(O)C(=O)O. The molecular formula is C21H38O5. The van der Waals surface area contributed by atoms with Crippen molar-refractivity contribution < 1.29 is 24.5 Å². The van der Waals surface area contributed by atoms with Gasteiger partial charge in [0, 0.05) is 0 Å². The minimum Gasteiger partial charge on any atom is -0.479 e. The minimum atomic E-state index is -2.09. The predicted octanol–water partition coefficient (Wildman–Crippen LogP) is 5.01. The van der Waals surface area contributed by atoms with Crippen LogP contribution in [0.1, 0.15) is 96.8 Å². The number of carbonyl (C=O) groups excluding carboxylic acids is 1. The number of esters is 1. The first kappa shape index (κ1) is 24.6. The molecule has 26 heavy (non-hydrogen) atoms. The fourth-order valence-electron chi connectivity index (χ4n) is 2.78. The summed E-state index contributed by atoms with van der Waals surface area (Å²) in [5.74, 6) is -2.71. The summed E-state index contributed by atoms with van der Waals surface area (Å²) in [4.78, 5) is 21.4. The number of carboxylic acid groups (broad SMARTS) is 1. The lowest BCUT2D eigenvalue weighted by atomic mass is 10.0. The topological polar surface area (TPSA) is 83.8 Å². The molecule has 0 fully saturated rings. The minimum absolute atomic E-state index is 0.00160. The maximum Gasteiger partial charge on any atom is 0.347 e. The van der Waals surface area contributed by atoms with Crippen LogP contribution in [0.4, 0.5) is 0 Å². The molecular weight excluding hydrogens is 332 g/mol. The van der Waals surface area contributed by atoms with Crippen LogP contribution in [0.15, 0.2) is 12.2 Å². The lowest BCUT2D eigenvalue weighted by Crippen LogP contribution is -2.31. The van der Waals surface area contributed by atoms with Crippen LogP contribution >= 0.6 is 0 Å². The van der Waals surface area contributed by atoms with E-state index in [0.717, 1.165) is 12.8 Å². The van der Waals surface area contributed by atoms with Crippen LogP contribution in [0, 0.1) is 0 Å². The smallest absolute Gasteiger partial charge is 0.347 e. The van der Waals surface area contributed by atoms with Crippen molar-refractivity contribution in [1.82, 2.24) is 0 Å². The van der Waals surface area contributed by atoms with Crippen molar-refractivity contribution in [2.24, 2.45) is 0 Å². The first-order valence-electron chi connectivity index (χ1n) is 10.3. The number of ether oxygens (including phenoxy) is 1. The third-order valence-electron chi connectivity index (χ3n) is 4.42. The van der Waals surface area contributed by atoms with E-state index >= 15 is 0 Å². The number of unbranched alkanes of at least 4 members (excludes halogenated alkanes) is 13. The summed E-state index contributed by atoms with van der Waals surface area (Å²) in [5, 5.41) is 17.4. The number of hydrogen-bond acceptors (Lipinski definition) is 4. The van der Waals surface area contributed by atoms with Crippen LogP contribution in [0.25, 0.3) is 0 Å². The number of aliphatic carboxylic acids is 1. The molecule has 0 rings (SSSR count). The lowest BCUT2D eigenvalue weighted by Gasteiger charge is -2.04. The molecule has 1 unspecified atom stereocenters. The molecule has 0 aliphatic heterocycles. The maximum absolute atomic E-state index is 11.1. The summed E-state index contributed by atoms with van der Waals surface area (Å²) >= 11 is 0. The molecule has 0 aromatic carbocycles. The van der Waals surface area contributed by atoms with Crippen molar-refractivity contribution in [3.8, 4) is 0 Å². The molecule has 0 bridgehead atoms. The summed E-state index contributed by atoms with van der Waals surface area (Å²) in [5.41, 5.74) is 0. The van der Waals surface area contributed by atoms with E-state index in [1.807, 2.05) is 6.08 Å². The predicted molar refractivity (Wildman–Crippen MR) is 104 cm³/mol. The number of carbonyl (C=O) groups is 2. The third kappa shape index (κ3) is 16.1. The Kier molecular flexibility index (Phi) is 17.5. The van der Waals surface area contributed by atoms with E-state index in [1.54, 1.807) is 6.08 Å². The highest BCUT2D eigenvalue weighted by Crippen LogP contribution is 2.13. The number of allylic oxidation sites excluding steroid dienone is 1. The Hall–Kier alpha value is -1.36. The molecule has 0 aromatic heterocycles. The van der Waals surface area contributed by atoms with Crippen LogP contribution in [0.2, 0.25) is 0 Å². The highest BCUT2D eigenvalue weighted by molar-refractivity contribution is 5.96. The molecule has 0 heterocycles. The van der Waals surface area contributed by atoms with Gasteiger partial charge < -0.3 is 14.9 Å². The van der Waals surface area contributed by atoms with Gasteiger partial charge in [-0.05, 0) is 12.8 Å². The molecule has 0 radical (unpaired) electrons. The van der Waals surface area contributed by atoms with Crippen LogP contribution in [0.3, 0.4) is 0 Å². The quantitative estimate of drug-likeness (QED) is 0.153. The van der Waals surface area contributed by atoms with Gasteiger partial charge in [0.25, 0.3) is 0 Å². The van der Waals surface area contributed by atoms with Gasteiger partial charge in [-0.25, -0.2) is 9.59 Å². The Bertz CT molecular complexity index is 379. The monoisotopic (exact) mass is 370 g/mol. The molecule has 2 N–H and O–H groups in total. The van der Waals surface area contributed by atoms with E-state index in [2.05, 4.69) is 11.7 Å². The van der Waals surface area contributed by atoms with Gasteiger partial charge in [0.15, 0.2) is 0 Å². The summed E-state index contributed by atoms with van der Waals surface area (Å²) in [6, 6.07) is 0. The number of aliphatic hydroxyl groups excluding tert-OH is 1. The van der Waals surface area contributed by atoms with E-state index in [4.69, 9.17) is 10.2 Å². The van der Waals surface area contributed by atoms with Crippen molar-refractivity contribution in [2.75, 3.05) is 6.61 Å². The molecule has 0 saturated heterocycles. The van der Waals surface area contributed by atoms with Gasteiger partial charge in [-0.15, -0.1) is 0 Å². The zero-order chi connectivity index (χ0) is 19.5. The van der Waals surface area contributed by atoms with Gasteiger partial charge in [-0.2, -0.15) is 0 Å². The Morgan fingerprint density at radius 1 is 0.808 bits per heavy atom. The maximum atomic E-state index is 11.1. The van der Waals surface area contributed by atoms with Crippen molar-refractivity contribution in [1.29, 1.82) is 0 Å². The number of carboxylic acids is 1. The average molecular weight is 371 g/mol. The van der Waals surface area contributed by atoms with Gasteiger partial charge in [-0.3, -0.25) is 0 Å². The number of hydrogen-bond donors (Lipinski definition) is 2. The van der Waals surface area contributed by atoms with Gasteiger partial charge in [0.2, 0.25) is 6.10 Å². The number of rotatable bonds is 18. The lowest BCUT2D eigenvalue weighted by molar-refractivity contribution is -0.164. The molecule has 0 spiro atoms. The molecule has 0 aromatic rings. The Labute approximate surface area is 158 Å². The van der Waals surface area contributed by atoms with Crippen molar-refractivity contribution >= 4 is 11.9 Å². The summed E-state index contributed by atoms with van der Waals surface area (Å²) in [7, 11) is 0. The first-order chi connectivity index (χ1) is 12.6. The zero-order valence-corrected chi connectivity index (χ0v) is 16.5. The average Bonchev–Trinajstić information content (AvgIpc) is 2.63. The Morgan fingerprint density at radius 3 is 1.73 bits per heavy atom. The second kappa shape index (κ2) is 18.4. The molecule has 152 valence electrons. The van der Waals surface area contributed by atoms with Crippen molar-refractivity contribution in [3.05, 3.63) is 12.2 Å². The van der Waals surface area contributed by atoms with E-state index in [9.17, 15) is 9.59 Å². The van der Waals surface area contributed by atoms with E-state index < -0.39 is 18.0 Å². The van der Waals surface area contributed by atoms with Gasteiger partial charge in [0.1, 0.15) is 6.61 Å². The molecule has 5 nitrogen and oxygen atoms in total. The molecule has 1 atom stereocenters. The summed E-state index contributed by atoms with van der Waals surface area (Å²) in [6.45, 7) is 2.26. The molecule has 0 amide bonds. The second-order valence-corrected chi connectivity index (χ2v) is 6.87. The van der Waals surface area contributed by atoms with Crippen molar-refractivity contribution in [2.45, 2.75) is 103 Å². The molecule has 0 aliphatic rings. The van der Waals surface area contributed by atoms with E-state index in [0.29, 0.717) is 0 Å². The standard InChI is InChI=1S/C21H38O5/c1-2-3-4-5-6-7-8-9-10-11-12-13-14-15-16-17-18-26-21(25)19(22)20(23)24/h16-17,19,22H,2-15,18H2,1H3,(H,23,24)/b17-16+. The fourth-order valence-corrected chi connectivity index (χ4v) is 2.78. The fraction of sp³-hybridized carbons (Fsp3) is 0.810. The molecule has 0 aliphatic carbocycles. The third-order valence-corrected chi connectivity index (χ3v) is 4.42. The van der Waals surface area contributed by atoms with Gasteiger partial charge in [-0.1, -0.05) is 96.1 Å². The highest BCUT2D eigenvalue weighted by Gasteiger charge is 2.23. The van der Waals surface area contributed by atoms with Gasteiger partial charge >= 0.3 is 11.9 Å². The van der Waals surface area contributed by atoms with Crippen LogP contribution in [-0.2, 0) is 14.3 Å². The van der Waals surface area contributed by atoms with Crippen molar-refractivity contribution in [3.63, 3.8) is 0 Å². The molecule has 5 heteroatoms. The Balaban J connectivity index is 3.26. The van der Waals surface area contributed by atoms with E-state index in [-0.39, 0.29) is 6.61 Å². The summed E-state index contributed by atoms with van der Waals surface area (Å²) < 4.78 is 4.63. The van der Waals surface area contributed by atoms with Crippen LogP contribution in [-0.4, -0.2) is 34.9 Å². The number of aliphatic hydroxyl groups is 1. The van der Waals surface area contributed by atoms with Gasteiger partial charge in [0.05, 0.1) is 0 Å². The van der Waals surface area contributed by atoms with Crippen LogP contribution in [0.5, 0.6) is 0 Å². The molecule has 0 saturated carbocycles. The Morgan fingerprint density at radius 2 is 1.27 bits per heavy atom. The first-order valence-corrected chi connectivity index (χ1v) is 10.3.